The highest BCUT2D eigenvalue weighted by Gasteiger charge is 2.21. The van der Waals surface area contributed by atoms with Gasteiger partial charge in [0.2, 0.25) is 5.91 Å². The maximum Gasteiger partial charge on any atom is 0.244 e. The van der Waals surface area contributed by atoms with E-state index in [1.54, 1.807) is 28.3 Å². The van der Waals surface area contributed by atoms with Gasteiger partial charge in [0, 0.05) is 17.3 Å². The van der Waals surface area contributed by atoms with Gasteiger partial charge in [0.25, 0.3) is 0 Å². The van der Waals surface area contributed by atoms with E-state index in [0.717, 1.165) is 30.7 Å². The first-order valence-electron chi connectivity index (χ1n) is 7.01. The molecule has 0 radical (unpaired) electrons. The van der Waals surface area contributed by atoms with E-state index in [0.29, 0.717) is 10.6 Å². The largest absolute Gasteiger partial charge is 0.326 e. The van der Waals surface area contributed by atoms with Crippen molar-refractivity contribution in [3.8, 4) is 6.07 Å². The Kier molecular flexibility index (Phi) is 3.76. The molecule has 2 aromatic heterocycles. The lowest BCUT2D eigenvalue weighted by Crippen LogP contribution is -2.19. The molecule has 0 fully saturated rings. The van der Waals surface area contributed by atoms with Crippen molar-refractivity contribution in [1.29, 1.82) is 5.26 Å². The van der Waals surface area contributed by atoms with Crippen molar-refractivity contribution in [3.05, 3.63) is 34.2 Å². The number of nitrogens with zero attached hydrogens (tertiary/aromatic N) is 3. The maximum atomic E-state index is 12.2. The molecule has 21 heavy (non-hydrogen) atoms. The van der Waals surface area contributed by atoms with E-state index in [1.165, 1.54) is 11.3 Å². The summed E-state index contributed by atoms with van der Waals surface area (Å²) in [5.41, 5.74) is 1.80. The zero-order chi connectivity index (χ0) is 14.8. The van der Waals surface area contributed by atoms with E-state index in [9.17, 15) is 10.1 Å². The summed E-state index contributed by atoms with van der Waals surface area (Å²) < 4.78 is 1.79. The zero-order valence-corrected chi connectivity index (χ0v) is 12.7. The molecule has 2 heterocycles. The molecule has 2 aromatic rings. The molecule has 1 aliphatic rings. The second kappa shape index (κ2) is 5.70. The van der Waals surface area contributed by atoms with Crippen LogP contribution in [-0.2, 0) is 24.2 Å². The average molecular weight is 300 g/mol. The van der Waals surface area contributed by atoms with Gasteiger partial charge in [0.15, 0.2) is 0 Å². The molecule has 0 aromatic carbocycles. The van der Waals surface area contributed by atoms with Gasteiger partial charge in [0.05, 0.1) is 5.56 Å². The number of thiophene rings is 1. The number of hydrogen-bond donors (Lipinski definition) is 1. The third kappa shape index (κ3) is 2.69. The minimum atomic E-state index is -0.119. The first-order valence-corrected chi connectivity index (χ1v) is 7.83. The van der Waals surface area contributed by atoms with Gasteiger partial charge in [-0.05, 0) is 38.2 Å². The zero-order valence-electron chi connectivity index (χ0n) is 11.8. The van der Waals surface area contributed by atoms with Crippen molar-refractivity contribution in [1.82, 2.24) is 9.55 Å². The van der Waals surface area contributed by atoms with Crippen LogP contribution in [0, 0.1) is 18.3 Å². The second-order valence-corrected chi connectivity index (χ2v) is 6.28. The predicted octanol–water partition coefficient (Wildman–Crippen LogP) is 2.64. The van der Waals surface area contributed by atoms with Gasteiger partial charge in [0.1, 0.15) is 23.4 Å². The number of aryl methyl sites for hydroxylation is 2. The summed E-state index contributed by atoms with van der Waals surface area (Å²) in [4.78, 5) is 17.5. The molecule has 0 saturated carbocycles. The first-order chi connectivity index (χ1) is 10.2. The molecule has 3 rings (SSSR count). The highest BCUT2D eigenvalue weighted by Crippen LogP contribution is 2.37. The number of carbonyl (C=O) groups excluding carboxylic acids is 1. The van der Waals surface area contributed by atoms with Crippen LogP contribution in [-0.4, -0.2) is 15.5 Å². The topological polar surface area (TPSA) is 70.7 Å². The molecule has 1 N–H and O–H groups in total. The average Bonchev–Trinajstić information content (AvgIpc) is 3.02. The fraction of sp³-hybridized carbons (Fsp3) is 0.400. The van der Waals surface area contributed by atoms with Crippen molar-refractivity contribution in [2.75, 3.05) is 5.32 Å². The molecule has 0 saturated heterocycles. The minimum Gasteiger partial charge on any atom is -0.326 e. The number of fused-ring (bicyclic) bond motifs is 1. The van der Waals surface area contributed by atoms with E-state index in [4.69, 9.17) is 0 Å². The van der Waals surface area contributed by atoms with Gasteiger partial charge in [-0.1, -0.05) is 0 Å². The Bertz CT molecular complexity index is 723. The Balaban J connectivity index is 1.79. The molecule has 6 heteroatoms. The van der Waals surface area contributed by atoms with Crippen molar-refractivity contribution in [2.45, 2.75) is 39.2 Å². The van der Waals surface area contributed by atoms with Gasteiger partial charge >= 0.3 is 0 Å². The number of hydrogen-bond acceptors (Lipinski definition) is 4. The molecule has 1 aliphatic carbocycles. The van der Waals surface area contributed by atoms with Crippen LogP contribution in [0.2, 0.25) is 0 Å². The van der Waals surface area contributed by atoms with Gasteiger partial charge in [-0.25, -0.2) is 4.98 Å². The normalized spacial score (nSPS) is 13.5. The number of imidazole rings is 1. The third-order valence-corrected chi connectivity index (χ3v) is 4.98. The van der Waals surface area contributed by atoms with Crippen LogP contribution < -0.4 is 5.32 Å². The van der Waals surface area contributed by atoms with Crippen LogP contribution in [0.5, 0.6) is 0 Å². The standard InChI is InChI=1S/C15H16N4OS/c1-10-17-6-7-19(10)9-14(20)18-15-12(8-16)11-4-2-3-5-13(11)21-15/h6-7H,2-5,9H2,1H3,(H,18,20). The molecule has 1 amide bonds. The highest BCUT2D eigenvalue weighted by atomic mass is 32.1. The monoisotopic (exact) mass is 300 g/mol. The number of nitrogens with one attached hydrogen (secondary N) is 1. The van der Waals surface area contributed by atoms with Crippen molar-refractivity contribution >= 4 is 22.2 Å². The molecule has 0 spiro atoms. The Morgan fingerprint density at radius 2 is 2.33 bits per heavy atom. The lowest BCUT2D eigenvalue weighted by atomic mass is 9.96. The lowest BCUT2D eigenvalue weighted by Gasteiger charge is -2.09. The molecular weight excluding hydrogens is 284 g/mol. The predicted molar refractivity (Wildman–Crippen MR) is 81.3 cm³/mol. The molecule has 0 unspecified atom stereocenters. The van der Waals surface area contributed by atoms with Gasteiger partial charge < -0.3 is 9.88 Å². The van der Waals surface area contributed by atoms with Crippen LogP contribution in [0.4, 0.5) is 5.00 Å². The van der Waals surface area contributed by atoms with Crippen molar-refractivity contribution in [3.63, 3.8) is 0 Å². The molecular formula is C15H16N4OS. The van der Waals surface area contributed by atoms with Gasteiger partial charge in [-0.2, -0.15) is 5.26 Å². The summed E-state index contributed by atoms with van der Waals surface area (Å²) in [7, 11) is 0. The lowest BCUT2D eigenvalue weighted by molar-refractivity contribution is -0.116. The fourth-order valence-electron chi connectivity index (χ4n) is 2.66. The maximum absolute atomic E-state index is 12.2. The minimum absolute atomic E-state index is 0.119. The van der Waals surface area contributed by atoms with Gasteiger partial charge in [-0.3, -0.25) is 4.79 Å². The van der Waals surface area contributed by atoms with E-state index in [-0.39, 0.29) is 12.5 Å². The molecule has 5 nitrogen and oxygen atoms in total. The van der Waals surface area contributed by atoms with Crippen LogP contribution in [0.25, 0.3) is 0 Å². The SMILES string of the molecule is Cc1nccn1CC(=O)Nc1sc2c(c1C#N)CCCC2. The highest BCUT2D eigenvalue weighted by molar-refractivity contribution is 7.16. The number of aromatic nitrogens is 2. The number of rotatable bonds is 3. The van der Waals surface area contributed by atoms with Crippen LogP contribution in [0.3, 0.4) is 0 Å². The third-order valence-electron chi connectivity index (χ3n) is 3.77. The molecule has 0 bridgehead atoms. The second-order valence-electron chi connectivity index (χ2n) is 5.18. The van der Waals surface area contributed by atoms with Crippen LogP contribution >= 0.6 is 11.3 Å². The van der Waals surface area contributed by atoms with E-state index in [2.05, 4.69) is 16.4 Å². The molecule has 0 atom stereocenters. The van der Waals surface area contributed by atoms with Crippen molar-refractivity contribution < 1.29 is 4.79 Å². The summed E-state index contributed by atoms with van der Waals surface area (Å²) in [6.45, 7) is 2.08. The Labute approximate surface area is 127 Å². The molecule has 0 aliphatic heterocycles. The summed E-state index contributed by atoms with van der Waals surface area (Å²) in [5, 5.41) is 13.0. The summed E-state index contributed by atoms with van der Waals surface area (Å²) in [5.74, 6) is 0.683. The smallest absolute Gasteiger partial charge is 0.244 e. The Morgan fingerprint density at radius 1 is 1.52 bits per heavy atom. The van der Waals surface area contributed by atoms with Gasteiger partial charge in [-0.15, -0.1) is 11.3 Å². The number of nitriles is 1. The van der Waals surface area contributed by atoms with E-state index >= 15 is 0 Å². The fourth-order valence-corrected chi connectivity index (χ4v) is 3.92. The summed E-state index contributed by atoms with van der Waals surface area (Å²) in [6.07, 6.45) is 7.71. The van der Waals surface area contributed by atoms with Crippen LogP contribution in [0.1, 0.15) is 34.7 Å². The Morgan fingerprint density at radius 3 is 3.05 bits per heavy atom. The van der Waals surface area contributed by atoms with Crippen LogP contribution in [0.15, 0.2) is 12.4 Å². The number of carbonyl (C=O) groups is 1. The quantitative estimate of drug-likeness (QED) is 0.947. The Hall–Kier alpha value is -2.13. The van der Waals surface area contributed by atoms with E-state index < -0.39 is 0 Å². The number of anilines is 1. The van der Waals surface area contributed by atoms with E-state index in [1.807, 2.05) is 6.92 Å². The summed E-state index contributed by atoms with van der Waals surface area (Å²) in [6, 6.07) is 2.26. The summed E-state index contributed by atoms with van der Waals surface area (Å²) >= 11 is 1.55. The van der Waals surface area contributed by atoms with Crippen molar-refractivity contribution in [2.24, 2.45) is 0 Å². The number of amides is 1. The first kappa shape index (κ1) is 13.8. The molecule has 108 valence electrons.